The number of aryl methyl sites for hydroxylation is 1. The zero-order valence-electron chi connectivity index (χ0n) is 10.5. The van der Waals surface area contributed by atoms with Crippen LogP contribution in [0.1, 0.15) is 22.8 Å². The average molecular weight is 237 g/mol. The summed E-state index contributed by atoms with van der Waals surface area (Å²) in [4.78, 5) is 11.7. The maximum atomic E-state index is 11.7. The molecule has 0 saturated heterocycles. The second-order valence-electron chi connectivity index (χ2n) is 4.48. The molecule has 2 N–H and O–H groups in total. The molecule has 0 aliphatic heterocycles. The number of hydrogen-bond donors (Lipinski definition) is 2. The smallest absolute Gasteiger partial charge is 0.251 e. The first-order chi connectivity index (χ1) is 7.94. The van der Waals surface area contributed by atoms with Gasteiger partial charge in [-0.15, -0.1) is 0 Å². The lowest BCUT2D eigenvalue weighted by Gasteiger charge is -2.22. The van der Waals surface area contributed by atoms with Crippen molar-refractivity contribution in [1.82, 2.24) is 5.32 Å². The summed E-state index contributed by atoms with van der Waals surface area (Å²) >= 11 is 0. The summed E-state index contributed by atoms with van der Waals surface area (Å²) in [6.45, 7) is 3.92. The van der Waals surface area contributed by atoms with Gasteiger partial charge >= 0.3 is 0 Å². The summed E-state index contributed by atoms with van der Waals surface area (Å²) in [7, 11) is 1.51. The highest BCUT2D eigenvalue weighted by Crippen LogP contribution is 2.05. The molecule has 0 bridgehead atoms. The second-order valence-corrected chi connectivity index (χ2v) is 4.48. The summed E-state index contributed by atoms with van der Waals surface area (Å²) in [5, 5.41) is 12.5. The van der Waals surface area contributed by atoms with E-state index >= 15 is 0 Å². The summed E-state index contributed by atoms with van der Waals surface area (Å²) < 4.78 is 4.86. The van der Waals surface area contributed by atoms with Crippen LogP contribution in [0.2, 0.25) is 0 Å². The highest BCUT2D eigenvalue weighted by Gasteiger charge is 2.21. The van der Waals surface area contributed by atoms with Crippen LogP contribution in [0.4, 0.5) is 0 Å². The van der Waals surface area contributed by atoms with Gasteiger partial charge < -0.3 is 15.2 Å². The summed E-state index contributed by atoms with van der Waals surface area (Å²) in [6, 6.07) is 7.27. The molecule has 1 rings (SSSR count). The molecule has 0 aliphatic carbocycles. The van der Waals surface area contributed by atoms with Crippen molar-refractivity contribution in [2.45, 2.75) is 19.4 Å². The van der Waals surface area contributed by atoms with E-state index in [4.69, 9.17) is 4.74 Å². The zero-order valence-corrected chi connectivity index (χ0v) is 10.5. The standard InChI is InChI=1S/C13H19NO3/c1-10-4-6-11(7-5-10)12(15)14-8-13(2,16)9-17-3/h4-7,16H,8-9H2,1-3H3,(H,14,15). The molecule has 1 aromatic rings. The number of carbonyl (C=O) groups excluding carboxylic acids is 1. The summed E-state index contributed by atoms with van der Waals surface area (Å²) in [5.74, 6) is -0.193. The third-order valence-electron chi connectivity index (χ3n) is 2.40. The SMILES string of the molecule is COCC(C)(O)CNC(=O)c1ccc(C)cc1. The van der Waals surface area contributed by atoms with E-state index in [2.05, 4.69) is 5.32 Å². The normalized spacial score (nSPS) is 14.1. The van der Waals surface area contributed by atoms with Crippen molar-refractivity contribution in [3.8, 4) is 0 Å². The zero-order chi connectivity index (χ0) is 12.9. The maximum absolute atomic E-state index is 11.7. The minimum Gasteiger partial charge on any atom is -0.386 e. The van der Waals surface area contributed by atoms with Crippen LogP contribution >= 0.6 is 0 Å². The molecule has 0 saturated carbocycles. The molecular weight excluding hydrogens is 218 g/mol. The van der Waals surface area contributed by atoms with E-state index in [1.807, 2.05) is 19.1 Å². The lowest BCUT2D eigenvalue weighted by molar-refractivity contribution is -0.0147. The average Bonchev–Trinajstić information content (AvgIpc) is 2.27. The fraction of sp³-hybridized carbons (Fsp3) is 0.462. The van der Waals surface area contributed by atoms with Crippen LogP contribution in [-0.2, 0) is 4.74 Å². The molecule has 0 spiro atoms. The molecule has 1 atom stereocenters. The first-order valence-corrected chi connectivity index (χ1v) is 5.51. The van der Waals surface area contributed by atoms with Gasteiger partial charge in [0.15, 0.2) is 0 Å². The van der Waals surface area contributed by atoms with E-state index in [0.29, 0.717) is 5.56 Å². The van der Waals surface area contributed by atoms with Crippen molar-refractivity contribution < 1.29 is 14.6 Å². The quantitative estimate of drug-likeness (QED) is 0.807. The topological polar surface area (TPSA) is 58.6 Å². The molecule has 0 heterocycles. The lowest BCUT2D eigenvalue weighted by atomic mass is 10.1. The third-order valence-corrected chi connectivity index (χ3v) is 2.40. The van der Waals surface area contributed by atoms with Crippen LogP contribution in [-0.4, -0.2) is 36.9 Å². The van der Waals surface area contributed by atoms with E-state index in [1.165, 1.54) is 7.11 Å². The van der Waals surface area contributed by atoms with Gasteiger partial charge in [0.25, 0.3) is 5.91 Å². The van der Waals surface area contributed by atoms with Crippen molar-refractivity contribution in [2.24, 2.45) is 0 Å². The Morgan fingerprint density at radius 1 is 1.41 bits per heavy atom. The Morgan fingerprint density at radius 3 is 2.53 bits per heavy atom. The van der Waals surface area contributed by atoms with E-state index in [9.17, 15) is 9.90 Å². The van der Waals surface area contributed by atoms with Crippen molar-refractivity contribution in [1.29, 1.82) is 0 Å². The number of nitrogens with one attached hydrogen (secondary N) is 1. The molecule has 0 radical (unpaired) electrons. The second kappa shape index (κ2) is 5.80. The molecular formula is C13H19NO3. The predicted molar refractivity (Wildman–Crippen MR) is 66.0 cm³/mol. The highest BCUT2D eigenvalue weighted by atomic mass is 16.5. The van der Waals surface area contributed by atoms with Crippen molar-refractivity contribution in [3.05, 3.63) is 35.4 Å². The molecule has 1 aromatic carbocycles. The van der Waals surface area contributed by atoms with Gasteiger partial charge in [-0.25, -0.2) is 0 Å². The lowest BCUT2D eigenvalue weighted by Crippen LogP contribution is -2.43. The Hall–Kier alpha value is -1.39. The summed E-state index contributed by atoms with van der Waals surface area (Å²) in [5.41, 5.74) is 0.645. The molecule has 4 nitrogen and oxygen atoms in total. The van der Waals surface area contributed by atoms with E-state index in [1.54, 1.807) is 19.1 Å². The van der Waals surface area contributed by atoms with E-state index in [-0.39, 0.29) is 19.1 Å². The minimum atomic E-state index is -1.05. The summed E-state index contributed by atoms with van der Waals surface area (Å²) in [6.07, 6.45) is 0. The van der Waals surface area contributed by atoms with Gasteiger partial charge in [0, 0.05) is 19.2 Å². The fourth-order valence-corrected chi connectivity index (χ4v) is 1.44. The molecule has 0 aliphatic rings. The van der Waals surface area contributed by atoms with Crippen LogP contribution in [0.3, 0.4) is 0 Å². The van der Waals surface area contributed by atoms with Crippen LogP contribution in [0, 0.1) is 6.92 Å². The van der Waals surface area contributed by atoms with Gasteiger partial charge in [0.05, 0.1) is 6.61 Å². The van der Waals surface area contributed by atoms with Gasteiger partial charge in [-0.2, -0.15) is 0 Å². The fourth-order valence-electron chi connectivity index (χ4n) is 1.44. The van der Waals surface area contributed by atoms with Crippen LogP contribution in [0.15, 0.2) is 24.3 Å². The first kappa shape index (κ1) is 13.7. The number of aliphatic hydroxyl groups is 1. The molecule has 4 heteroatoms. The number of methoxy groups -OCH3 is 1. The predicted octanol–water partition coefficient (Wildman–Crippen LogP) is 1.12. The van der Waals surface area contributed by atoms with Gasteiger partial charge in [-0.1, -0.05) is 17.7 Å². The largest absolute Gasteiger partial charge is 0.386 e. The molecule has 94 valence electrons. The number of carbonyl (C=O) groups is 1. The van der Waals surface area contributed by atoms with Crippen molar-refractivity contribution in [3.63, 3.8) is 0 Å². The number of hydrogen-bond acceptors (Lipinski definition) is 3. The molecule has 0 aromatic heterocycles. The van der Waals surface area contributed by atoms with Gasteiger partial charge in [-0.05, 0) is 26.0 Å². The highest BCUT2D eigenvalue weighted by molar-refractivity contribution is 5.94. The van der Waals surface area contributed by atoms with E-state index < -0.39 is 5.60 Å². The van der Waals surface area contributed by atoms with E-state index in [0.717, 1.165) is 5.56 Å². The molecule has 1 amide bonds. The third kappa shape index (κ3) is 4.54. The Balaban J connectivity index is 2.53. The Labute approximate surface area is 102 Å². The minimum absolute atomic E-state index is 0.160. The van der Waals surface area contributed by atoms with Crippen molar-refractivity contribution in [2.75, 3.05) is 20.3 Å². The Bertz CT molecular complexity index is 371. The Morgan fingerprint density at radius 2 is 2.00 bits per heavy atom. The van der Waals surface area contributed by atoms with Gasteiger partial charge in [-0.3, -0.25) is 4.79 Å². The molecule has 0 fully saturated rings. The van der Waals surface area contributed by atoms with Crippen LogP contribution in [0.25, 0.3) is 0 Å². The number of ether oxygens (including phenoxy) is 1. The number of benzene rings is 1. The maximum Gasteiger partial charge on any atom is 0.251 e. The molecule has 17 heavy (non-hydrogen) atoms. The van der Waals surface area contributed by atoms with Crippen LogP contribution < -0.4 is 5.32 Å². The van der Waals surface area contributed by atoms with Gasteiger partial charge in [0.2, 0.25) is 0 Å². The number of amides is 1. The number of rotatable bonds is 5. The van der Waals surface area contributed by atoms with Crippen molar-refractivity contribution >= 4 is 5.91 Å². The van der Waals surface area contributed by atoms with Gasteiger partial charge in [0.1, 0.15) is 5.60 Å². The first-order valence-electron chi connectivity index (χ1n) is 5.51. The monoisotopic (exact) mass is 237 g/mol. The Kier molecular flexibility index (Phi) is 4.66. The van der Waals surface area contributed by atoms with Crippen LogP contribution in [0.5, 0.6) is 0 Å². The molecule has 1 unspecified atom stereocenters.